The quantitative estimate of drug-likeness (QED) is 0.829. The van der Waals surface area contributed by atoms with Crippen LogP contribution in [-0.4, -0.2) is 18.9 Å². The fourth-order valence-corrected chi connectivity index (χ4v) is 2.45. The normalized spacial score (nSPS) is 11.8. The van der Waals surface area contributed by atoms with E-state index < -0.39 is 15.7 Å². The van der Waals surface area contributed by atoms with Gasteiger partial charge in [0.1, 0.15) is 0 Å². The monoisotopic (exact) mass is 353 g/mol. The summed E-state index contributed by atoms with van der Waals surface area (Å²) in [7, 11) is -3.81. The van der Waals surface area contributed by atoms with E-state index in [4.69, 9.17) is 15.9 Å². The third-order valence-electron chi connectivity index (χ3n) is 3.02. The maximum Gasteiger partial charge on any atom is 0.326 e. The van der Waals surface area contributed by atoms with Crippen molar-refractivity contribution in [3.05, 3.63) is 68.6 Å². The van der Waals surface area contributed by atoms with E-state index >= 15 is 0 Å². The van der Waals surface area contributed by atoms with Gasteiger partial charge in [-0.1, -0.05) is 29.8 Å². The molecule has 0 amide bonds. The van der Waals surface area contributed by atoms with Gasteiger partial charge in [-0.2, -0.15) is 8.42 Å². The Kier molecular flexibility index (Phi) is 5.28. The summed E-state index contributed by atoms with van der Waals surface area (Å²) >= 11 is 5.83. The lowest BCUT2D eigenvalue weighted by Crippen LogP contribution is -2.33. The predicted molar refractivity (Wildman–Crippen MR) is 91.9 cm³/mol. The number of hydrogen-bond acceptors (Lipinski definition) is 4. The van der Waals surface area contributed by atoms with Crippen molar-refractivity contribution in [1.82, 2.24) is 4.73 Å². The minimum Gasteiger partial charge on any atom is -0.284 e. The second-order valence-corrected chi connectivity index (χ2v) is 7.17. The fraction of sp³-hybridized carbons (Fsp3) is 0.188. The average molecular weight is 354 g/mol. The molecule has 0 fully saturated rings. The van der Waals surface area contributed by atoms with Gasteiger partial charge in [0, 0.05) is 11.1 Å². The molecule has 2 rings (SSSR count). The molecule has 0 saturated heterocycles. The number of hydrogen-bond donors (Lipinski definition) is 0. The van der Waals surface area contributed by atoms with Crippen LogP contribution >= 0.6 is 11.6 Å². The van der Waals surface area contributed by atoms with Crippen LogP contribution in [0.15, 0.2) is 41.2 Å². The van der Waals surface area contributed by atoms with Crippen molar-refractivity contribution in [3.63, 3.8) is 0 Å². The molecule has 2 aromatic rings. The van der Waals surface area contributed by atoms with Crippen LogP contribution in [-0.2, 0) is 10.1 Å². The molecular formula is C16H16ClNO4S. The molecule has 0 spiro atoms. The molecule has 0 N–H and O–H groups in total. The first kappa shape index (κ1) is 17.3. The van der Waals surface area contributed by atoms with Crippen molar-refractivity contribution in [3.8, 4) is 0 Å². The molecule has 1 aromatic heterocycles. The van der Waals surface area contributed by atoms with Gasteiger partial charge in [0.2, 0.25) is 0 Å². The number of aryl methyl sites for hydroxylation is 1. The Labute approximate surface area is 139 Å². The Bertz CT molecular complexity index is 883. The molecule has 0 aliphatic rings. The minimum absolute atomic E-state index is 0.229. The van der Waals surface area contributed by atoms with Crippen molar-refractivity contribution in [2.24, 2.45) is 0 Å². The van der Waals surface area contributed by atoms with Gasteiger partial charge in [-0.05, 0) is 49.2 Å². The highest BCUT2D eigenvalue weighted by molar-refractivity contribution is 7.86. The van der Waals surface area contributed by atoms with E-state index in [0.29, 0.717) is 16.3 Å². The van der Waals surface area contributed by atoms with Crippen LogP contribution in [0.1, 0.15) is 23.7 Å². The third-order valence-corrected chi connectivity index (χ3v) is 4.35. The number of pyridine rings is 1. The van der Waals surface area contributed by atoms with E-state index in [1.807, 2.05) is 0 Å². The van der Waals surface area contributed by atoms with Crippen LogP contribution in [0.5, 0.6) is 0 Å². The summed E-state index contributed by atoms with van der Waals surface area (Å²) in [6, 6.07) is 10.1. The SMILES string of the molecule is CCS(=O)(=O)On1c(C=Cc2ccc(Cl)cc2)cc(C)cc1=O. The van der Waals surface area contributed by atoms with Crippen LogP contribution in [0.4, 0.5) is 0 Å². The lowest BCUT2D eigenvalue weighted by molar-refractivity contribution is 0.265. The summed E-state index contributed by atoms with van der Waals surface area (Å²) in [4.78, 5) is 12.0. The van der Waals surface area contributed by atoms with Crippen molar-refractivity contribution in [2.75, 3.05) is 5.75 Å². The number of aromatic nitrogens is 1. The van der Waals surface area contributed by atoms with Gasteiger partial charge < -0.3 is 0 Å². The molecule has 122 valence electrons. The van der Waals surface area contributed by atoms with Gasteiger partial charge in [0.05, 0.1) is 11.4 Å². The summed E-state index contributed by atoms with van der Waals surface area (Å²) in [6.07, 6.45) is 3.35. The molecule has 5 nitrogen and oxygen atoms in total. The molecular weight excluding hydrogens is 338 g/mol. The smallest absolute Gasteiger partial charge is 0.284 e. The predicted octanol–water partition coefficient (Wildman–Crippen LogP) is 2.76. The Morgan fingerprint density at radius 2 is 1.83 bits per heavy atom. The zero-order valence-corrected chi connectivity index (χ0v) is 14.3. The largest absolute Gasteiger partial charge is 0.326 e. The van der Waals surface area contributed by atoms with Crippen LogP contribution in [0.25, 0.3) is 12.2 Å². The number of halogens is 1. The van der Waals surface area contributed by atoms with Crippen LogP contribution in [0.3, 0.4) is 0 Å². The lowest BCUT2D eigenvalue weighted by atomic mass is 10.2. The van der Waals surface area contributed by atoms with Crippen molar-refractivity contribution in [1.29, 1.82) is 0 Å². The molecule has 1 aromatic carbocycles. The lowest BCUT2D eigenvalue weighted by Gasteiger charge is -2.11. The zero-order chi connectivity index (χ0) is 17.0. The molecule has 7 heteroatoms. The highest BCUT2D eigenvalue weighted by Crippen LogP contribution is 2.13. The Morgan fingerprint density at radius 1 is 1.17 bits per heavy atom. The van der Waals surface area contributed by atoms with E-state index in [1.54, 1.807) is 49.4 Å². The van der Waals surface area contributed by atoms with E-state index in [9.17, 15) is 13.2 Å². The summed E-state index contributed by atoms with van der Waals surface area (Å²) in [5.74, 6) is -0.229. The first-order valence-electron chi connectivity index (χ1n) is 6.91. The standard InChI is InChI=1S/C16H16ClNO4S/c1-3-23(20,21)22-18-15(10-12(2)11-16(18)19)9-6-13-4-7-14(17)8-5-13/h4-11H,3H2,1-2H3. The Hall–Kier alpha value is -2.05. The average Bonchev–Trinajstić information content (AvgIpc) is 2.50. The van der Waals surface area contributed by atoms with Crippen LogP contribution in [0.2, 0.25) is 5.02 Å². The second kappa shape index (κ2) is 7.02. The van der Waals surface area contributed by atoms with Crippen molar-refractivity contribution < 1.29 is 12.7 Å². The number of benzene rings is 1. The van der Waals surface area contributed by atoms with E-state index in [0.717, 1.165) is 10.3 Å². The molecule has 0 aliphatic heterocycles. The first-order valence-corrected chi connectivity index (χ1v) is 8.86. The Morgan fingerprint density at radius 3 is 2.43 bits per heavy atom. The minimum atomic E-state index is -3.81. The van der Waals surface area contributed by atoms with Gasteiger partial charge >= 0.3 is 10.1 Å². The second-order valence-electron chi connectivity index (χ2n) is 4.90. The molecule has 0 unspecified atom stereocenters. The van der Waals surface area contributed by atoms with E-state index in [1.165, 1.54) is 13.0 Å². The first-order chi connectivity index (χ1) is 10.8. The molecule has 1 heterocycles. The third kappa shape index (κ3) is 4.71. The molecule has 0 bridgehead atoms. The summed E-state index contributed by atoms with van der Waals surface area (Å²) in [5, 5.41) is 0.618. The van der Waals surface area contributed by atoms with Gasteiger partial charge in [0.25, 0.3) is 5.56 Å². The topological polar surface area (TPSA) is 65.4 Å². The highest BCUT2D eigenvalue weighted by atomic mass is 35.5. The maximum atomic E-state index is 12.0. The van der Waals surface area contributed by atoms with Gasteiger partial charge in [-0.3, -0.25) is 9.08 Å². The van der Waals surface area contributed by atoms with E-state index in [-0.39, 0.29) is 5.75 Å². The number of nitrogens with zero attached hydrogens (tertiary/aromatic N) is 1. The summed E-state index contributed by atoms with van der Waals surface area (Å²) < 4.78 is 29.0. The van der Waals surface area contributed by atoms with Gasteiger partial charge in [0.15, 0.2) is 0 Å². The molecule has 0 saturated carbocycles. The highest BCUT2D eigenvalue weighted by Gasteiger charge is 2.13. The van der Waals surface area contributed by atoms with Crippen molar-refractivity contribution in [2.45, 2.75) is 13.8 Å². The van der Waals surface area contributed by atoms with Crippen LogP contribution < -0.4 is 9.84 Å². The Balaban J connectivity index is 2.44. The molecule has 0 radical (unpaired) electrons. The fourth-order valence-electron chi connectivity index (χ4n) is 1.83. The number of rotatable bonds is 5. The van der Waals surface area contributed by atoms with Gasteiger partial charge in [-0.25, -0.2) is 0 Å². The van der Waals surface area contributed by atoms with E-state index in [2.05, 4.69) is 0 Å². The molecule has 23 heavy (non-hydrogen) atoms. The molecule has 0 aliphatic carbocycles. The zero-order valence-electron chi connectivity index (χ0n) is 12.7. The van der Waals surface area contributed by atoms with Gasteiger partial charge in [-0.15, -0.1) is 4.73 Å². The summed E-state index contributed by atoms with van der Waals surface area (Å²) in [5.41, 5.74) is 1.35. The summed E-state index contributed by atoms with van der Waals surface area (Å²) in [6.45, 7) is 3.19. The maximum absolute atomic E-state index is 12.0. The van der Waals surface area contributed by atoms with Crippen molar-refractivity contribution >= 4 is 33.9 Å². The van der Waals surface area contributed by atoms with Crippen LogP contribution in [0, 0.1) is 6.92 Å². The molecule has 0 atom stereocenters.